The molecule has 0 bridgehead atoms. The zero-order valence-electron chi connectivity index (χ0n) is 14.0. The summed E-state index contributed by atoms with van der Waals surface area (Å²) < 4.78 is 0. The van der Waals surface area contributed by atoms with Gasteiger partial charge in [-0.1, -0.05) is 36.4 Å². The Morgan fingerprint density at radius 1 is 1.12 bits per heavy atom. The van der Waals surface area contributed by atoms with E-state index >= 15 is 0 Å². The van der Waals surface area contributed by atoms with Gasteiger partial charge in [-0.05, 0) is 41.8 Å². The number of nitrogens with two attached hydrogens (primary N) is 1. The summed E-state index contributed by atoms with van der Waals surface area (Å²) in [5.41, 5.74) is 9.64. The van der Waals surface area contributed by atoms with Crippen LogP contribution in [0.2, 0.25) is 0 Å². The topological polar surface area (TPSA) is 87.6 Å². The molecule has 0 unspecified atom stereocenters. The Morgan fingerprint density at radius 2 is 1.92 bits per heavy atom. The highest BCUT2D eigenvalue weighted by molar-refractivity contribution is 5.65. The highest BCUT2D eigenvalue weighted by Crippen LogP contribution is 2.23. The molecule has 0 radical (unpaired) electrons. The van der Waals surface area contributed by atoms with Crippen molar-refractivity contribution < 1.29 is 0 Å². The predicted molar refractivity (Wildman–Crippen MR) is 98.3 cm³/mol. The van der Waals surface area contributed by atoms with Crippen LogP contribution in [0.1, 0.15) is 29.9 Å². The smallest absolute Gasteiger partial charge is 0.144 e. The molecule has 0 amide bonds. The van der Waals surface area contributed by atoms with E-state index in [9.17, 15) is 0 Å². The third kappa shape index (κ3) is 4.19. The summed E-state index contributed by atoms with van der Waals surface area (Å²) in [6.07, 6.45) is 1.66. The van der Waals surface area contributed by atoms with E-state index in [2.05, 4.69) is 52.5 Å². The maximum Gasteiger partial charge on any atom is 0.144 e. The van der Waals surface area contributed by atoms with Gasteiger partial charge in [0.1, 0.15) is 11.6 Å². The van der Waals surface area contributed by atoms with Crippen molar-refractivity contribution in [3.8, 4) is 17.2 Å². The molecule has 1 heterocycles. The van der Waals surface area contributed by atoms with E-state index in [1.165, 1.54) is 5.56 Å². The van der Waals surface area contributed by atoms with Crippen LogP contribution in [0.5, 0.6) is 0 Å². The van der Waals surface area contributed by atoms with Crippen LogP contribution in [0.15, 0.2) is 60.8 Å². The summed E-state index contributed by atoms with van der Waals surface area (Å²) in [6, 6.07) is 19.9. The van der Waals surface area contributed by atoms with Crippen LogP contribution in [-0.2, 0) is 6.54 Å². The number of nitrogens with zero attached hydrogens (tertiary/aromatic N) is 3. The van der Waals surface area contributed by atoms with Gasteiger partial charge >= 0.3 is 0 Å². The van der Waals surface area contributed by atoms with E-state index in [-0.39, 0.29) is 6.04 Å². The molecule has 3 rings (SSSR count). The van der Waals surface area contributed by atoms with Gasteiger partial charge in [-0.25, -0.2) is 9.97 Å². The standard InChI is InChI=1S/C20H19N5/c1-14(24-13-20-23-10-9-19(22)25-20)16-5-7-17(8-6-16)18-4-2-3-15(11-18)12-21/h2-11,14,24H,13H2,1H3,(H2,22,23,25)/t14-/m0/s1. The van der Waals surface area contributed by atoms with E-state index in [4.69, 9.17) is 11.0 Å². The second-order valence-corrected chi connectivity index (χ2v) is 5.81. The lowest BCUT2D eigenvalue weighted by Gasteiger charge is -2.14. The van der Waals surface area contributed by atoms with Crippen molar-refractivity contribution in [2.24, 2.45) is 0 Å². The summed E-state index contributed by atoms with van der Waals surface area (Å²) in [5, 5.41) is 12.4. The molecule has 0 aliphatic carbocycles. The van der Waals surface area contributed by atoms with Gasteiger partial charge < -0.3 is 11.1 Å². The third-order valence-electron chi connectivity index (χ3n) is 4.03. The first-order valence-electron chi connectivity index (χ1n) is 8.07. The van der Waals surface area contributed by atoms with Crippen molar-refractivity contribution in [3.05, 3.63) is 77.7 Å². The number of hydrogen-bond donors (Lipinski definition) is 2. The van der Waals surface area contributed by atoms with Gasteiger partial charge in [0.15, 0.2) is 0 Å². The number of nitriles is 1. The molecule has 1 atom stereocenters. The minimum absolute atomic E-state index is 0.157. The number of anilines is 1. The lowest BCUT2D eigenvalue weighted by Crippen LogP contribution is -2.19. The molecule has 0 fully saturated rings. The molecule has 0 saturated carbocycles. The van der Waals surface area contributed by atoms with Gasteiger partial charge in [-0.15, -0.1) is 0 Å². The van der Waals surface area contributed by atoms with Gasteiger partial charge in [0.2, 0.25) is 0 Å². The zero-order valence-corrected chi connectivity index (χ0v) is 14.0. The SMILES string of the molecule is C[C@H](NCc1nccc(N)n1)c1ccc(-c2cccc(C#N)c2)cc1. The summed E-state index contributed by atoms with van der Waals surface area (Å²) in [7, 11) is 0. The van der Waals surface area contributed by atoms with Crippen molar-refractivity contribution in [3.63, 3.8) is 0 Å². The van der Waals surface area contributed by atoms with Crippen LogP contribution in [0.4, 0.5) is 5.82 Å². The molecule has 0 saturated heterocycles. The molecule has 0 aliphatic rings. The maximum absolute atomic E-state index is 9.02. The first-order valence-corrected chi connectivity index (χ1v) is 8.07. The van der Waals surface area contributed by atoms with Crippen molar-refractivity contribution in [1.82, 2.24) is 15.3 Å². The highest BCUT2D eigenvalue weighted by atomic mass is 15.0. The molecule has 0 aliphatic heterocycles. The molecule has 5 nitrogen and oxygen atoms in total. The van der Waals surface area contributed by atoms with Gasteiger partial charge in [0, 0.05) is 12.2 Å². The van der Waals surface area contributed by atoms with Crippen LogP contribution in [0.3, 0.4) is 0 Å². The van der Waals surface area contributed by atoms with Gasteiger partial charge in [-0.2, -0.15) is 5.26 Å². The second-order valence-electron chi connectivity index (χ2n) is 5.81. The largest absolute Gasteiger partial charge is 0.384 e. The lowest BCUT2D eigenvalue weighted by atomic mass is 10.00. The number of benzene rings is 2. The molecule has 5 heteroatoms. The summed E-state index contributed by atoms with van der Waals surface area (Å²) in [4.78, 5) is 8.38. The molecule has 124 valence electrons. The molecular formula is C20H19N5. The molecular weight excluding hydrogens is 310 g/mol. The molecule has 25 heavy (non-hydrogen) atoms. The number of aromatic nitrogens is 2. The van der Waals surface area contributed by atoms with Crippen molar-refractivity contribution in [1.29, 1.82) is 5.26 Å². The Hall–Kier alpha value is -3.23. The van der Waals surface area contributed by atoms with E-state index < -0.39 is 0 Å². The number of hydrogen-bond acceptors (Lipinski definition) is 5. The fourth-order valence-electron chi connectivity index (χ4n) is 2.59. The highest BCUT2D eigenvalue weighted by Gasteiger charge is 2.07. The number of nitrogen functional groups attached to an aromatic ring is 1. The second kappa shape index (κ2) is 7.56. The van der Waals surface area contributed by atoms with Gasteiger partial charge in [-0.3, -0.25) is 0 Å². The average Bonchev–Trinajstić information content (AvgIpc) is 2.66. The maximum atomic E-state index is 9.02. The van der Waals surface area contributed by atoms with E-state index in [1.54, 1.807) is 12.3 Å². The van der Waals surface area contributed by atoms with Crippen molar-refractivity contribution in [2.45, 2.75) is 19.5 Å². The fourth-order valence-corrected chi connectivity index (χ4v) is 2.59. The van der Waals surface area contributed by atoms with E-state index in [1.807, 2.05) is 24.3 Å². The Bertz CT molecular complexity index is 896. The van der Waals surface area contributed by atoms with Crippen molar-refractivity contribution >= 4 is 5.82 Å². The van der Waals surface area contributed by atoms with Crippen molar-refractivity contribution in [2.75, 3.05) is 5.73 Å². The van der Waals surface area contributed by atoms with Crippen LogP contribution >= 0.6 is 0 Å². The third-order valence-corrected chi connectivity index (χ3v) is 4.03. The molecule has 1 aromatic heterocycles. The molecule has 0 spiro atoms. The van der Waals surface area contributed by atoms with Crippen LogP contribution in [-0.4, -0.2) is 9.97 Å². The minimum atomic E-state index is 0.157. The monoisotopic (exact) mass is 329 g/mol. The Labute approximate surface area is 147 Å². The fraction of sp³-hybridized carbons (Fsp3) is 0.150. The Balaban J connectivity index is 1.68. The average molecular weight is 329 g/mol. The first-order chi connectivity index (χ1) is 12.2. The Morgan fingerprint density at radius 3 is 2.64 bits per heavy atom. The summed E-state index contributed by atoms with van der Waals surface area (Å²) in [6.45, 7) is 2.65. The zero-order chi connectivity index (χ0) is 17.6. The lowest BCUT2D eigenvalue weighted by molar-refractivity contribution is 0.559. The first kappa shape index (κ1) is 16.6. The normalized spacial score (nSPS) is 11.7. The van der Waals surface area contributed by atoms with E-state index in [0.29, 0.717) is 23.8 Å². The number of rotatable bonds is 5. The summed E-state index contributed by atoms with van der Waals surface area (Å²) in [5.74, 6) is 1.15. The van der Waals surface area contributed by atoms with Crippen LogP contribution in [0.25, 0.3) is 11.1 Å². The van der Waals surface area contributed by atoms with E-state index in [0.717, 1.165) is 11.1 Å². The van der Waals surface area contributed by atoms with Gasteiger partial charge in [0.05, 0.1) is 18.2 Å². The Kier molecular flexibility index (Phi) is 5.03. The van der Waals surface area contributed by atoms with Crippen LogP contribution in [0, 0.1) is 11.3 Å². The summed E-state index contributed by atoms with van der Waals surface area (Å²) >= 11 is 0. The molecule has 3 N–H and O–H groups in total. The molecule has 2 aromatic carbocycles. The quantitative estimate of drug-likeness (QED) is 0.748. The minimum Gasteiger partial charge on any atom is -0.384 e. The van der Waals surface area contributed by atoms with Gasteiger partial charge in [0.25, 0.3) is 0 Å². The number of nitrogens with one attached hydrogen (secondary N) is 1. The van der Waals surface area contributed by atoms with Crippen LogP contribution < -0.4 is 11.1 Å². The molecule has 3 aromatic rings. The predicted octanol–water partition coefficient (Wildman–Crippen LogP) is 3.45.